The first-order valence-corrected chi connectivity index (χ1v) is 7.68. The third kappa shape index (κ3) is 3.60. The topological polar surface area (TPSA) is 32.3 Å². The van der Waals surface area contributed by atoms with Crippen molar-refractivity contribution in [2.75, 3.05) is 19.6 Å². The van der Waals surface area contributed by atoms with Crippen LogP contribution in [0.3, 0.4) is 0 Å². The Hall–Kier alpha value is -1.35. The monoisotopic (exact) mass is 274 g/mol. The van der Waals surface area contributed by atoms with Crippen molar-refractivity contribution < 1.29 is 4.79 Å². The molecule has 0 aromatic heterocycles. The molecule has 3 heteroatoms. The molecule has 1 aromatic carbocycles. The molecule has 0 atom stereocenters. The normalized spacial score (nSPS) is 16.1. The SMILES string of the molecule is CCN(C(=O)Cc1ccc(C)c(C)c1)C1CCNCC1. The summed E-state index contributed by atoms with van der Waals surface area (Å²) < 4.78 is 0. The highest BCUT2D eigenvalue weighted by molar-refractivity contribution is 5.79. The van der Waals surface area contributed by atoms with E-state index >= 15 is 0 Å². The molecule has 1 heterocycles. The van der Waals surface area contributed by atoms with Crippen LogP contribution < -0.4 is 5.32 Å². The van der Waals surface area contributed by atoms with Crippen LogP contribution in [0.25, 0.3) is 0 Å². The Morgan fingerprint density at radius 2 is 1.95 bits per heavy atom. The van der Waals surface area contributed by atoms with Gasteiger partial charge in [-0.2, -0.15) is 0 Å². The minimum Gasteiger partial charge on any atom is -0.340 e. The molecule has 0 spiro atoms. The van der Waals surface area contributed by atoms with Crippen LogP contribution in [0.2, 0.25) is 0 Å². The number of hydrogen-bond acceptors (Lipinski definition) is 2. The molecule has 20 heavy (non-hydrogen) atoms. The number of benzene rings is 1. The third-order valence-electron chi connectivity index (χ3n) is 4.34. The van der Waals surface area contributed by atoms with Gasteiger partial charge in [0.2, 0.25) is 5.91 Å². The lowest BCUT2D eigenvalue weighted by Crippen LogP contribution is -2.46. The Morgan fingerprint density at radius 3 is 2.55 bits per heavy atom. The first kappa shape index (κ1) is 15.0. The molecule has 110 valence electrons. The number of nitrogens with zero attached hydrogens (tertiary/aromatic N) is 1. The lowest BCUT2D eigenvalue weighted by Gasteiger charge is -2.34. The number of carbonyl (C=O) groups excluding carboxylic acids is 1. The fourth-order valence-electron chi connectivity index (χ4n) is 2.95. The highest BCUT2D eigenvalue weighted by Gasteiger charge is 2.23. The van der Waals surface area contributed by atoms with Crippen molar-refractivity contribution in [1.82, 2.24) is 10.2 Å². The van der Waals surface area contributed by atoms with E-state index in [2.05, 4.69) is 49.2 Å². The van der Waals surface area contributed by atoms with Gasteiger partial charge in [0.1, 0.15) is 0 Å². The van der Waals surface area contributed by atoms with E-state index in [1.807, 2.05) is 0 Å². The van der Waals surface area contributed by atoms with Gasteiger partial charge in [-0.15, -0.1) is 0 Å². The highest BCUT2D eigenvalue weighted by Crippen LogP contribution is 2.15. The molecule has 0 aliphatic carbocycles. The summed E-state index contributed by atoms with van der Waals surface area (Å²) in [5, 5.41) is 3.36. The van der Waals surface area contributed by atoms with E-state index in [0.717, 1.165) is 38.0 Å². The van der Waals surface area contributed by atoms with E-state index in [-0.39, 0.29) is 5.91 Å². The number of aryl methyl sites for hydroxylation is 2. The molecule has 1 fully saturated rings. The summed E-state index contributed by atoms with van der Waals surface area (Å²) >= 11 is 0. The van der Waals surface area contributed by atoms with Gasteiger partial charge in [-0.25, -0.2) is 0 Å². The van der Waals surface area contributed by atoms with Gasteiger partial charge in [0.25, 0.3) is 0 Å². The van der Waals surface area contributed by atoms with Crippen LogP contribution in [0.4, 0.5) is 0 Å². The summed E-state index contributed by atoms with van der Waals surface area (Å²) in [6.07, 6.45) is 2.68. The van der Waals surface area contributed by atoms with Gasteiger partial charge < -0.3 is 10.2 Å². The van der Waals surface area contributed by atoms with Crippen molar-refractivity contribution in [2.45, 2.75) is 46.1 Å². The van der Waals surface area contributed by atoms with Crippen molar-refractivity contribution in [3.05, 3.63) is 34.9 Å². The summed E-state index contributed by atoms with van der Waals surface area (Å²) in [6, 6.07) is 6.75. The smallest absolute Gasteiger partial charge is 0.227 e. The second-order valence-corrected chi connectivity index (χ2v) is 5.76. The van der Waals surface area contributed by atoms with Crippen LogP contribution in [-0.2, 0) is 11.2 Å². The molecule has 1 amide bonds. The van der Waals surface area contributed by atoms with E-state index in [9.17, 15) is 4.79 Å². The van der Waals surface area contributed by atoms with Gasteiger partial charge in [-0.05, 0) is 63.4 Å². The van der Waals surface area contributed by atoms with Crippen LogP contribution in [0.1, 0.15) is 36.5 Å². The second kappa shape index (κ2) is 6.89. The van der Waals surface area contributed by atoms with Crippen LogP contribution in [-0.4, -0.2) is 36.5 Å². The lowest BCUT2D eigenvalue weighted by molar-refractivity contribution is -0.133. The van der Waals surface area contributed by atoms with Gasteiger partial charge in [0.15, 0.2) is 0 Å². The number of likely N-dealkylation sites (N-methyl/N-ethyl adjacent to an activating group) is 1. The summed E-state index contributed by atoms with van der Waals surface area (Å²) in [6.45, 7) is 9.16. The molecular weight excluding hydrogens is 248 g/mol. The minimum atomic E-state index is 0.266. The molecule has 1 aliphatic rings. The third-order valence-corrected chi connectivity index (χ3v) is 4.34. The van der Waals surface area contributed by atoms with Crippen molar-refractivity contribution in [2.24, 2.45) is 0 Å². The number of nitrogens with one attached hydrogen (secondary N) is 1. The molecule has 0 radical (unpaired) electrons. The van der Waals surface area contributed by atoms with Crippen LogP contribution >= 0.6 is 0 Å². The summed E-state index contributed by atoms with van der Waals surface area (Å²) in [4.78, 5) is 14.6. The number of hydrogen-bond donors (Lipinski definition) is 1. The Morgan fingerprint density at radius 1 is 1.25 bits per heavy atom. The molecule has 2 rings (SSSR count). The van der Waals surface area contributed by atoms with E-state index in [1.165, 1.54) is 11.1 Å². The van der Waals surface area contributed by atoms with Gasteiger partial charge in [0.05, 0.1) is 6.42 Å². The van der Waals surface area contributed by atoms with Crippen molar-refractivity contribution in [1.29, 1.82) is 0 Å². The maximum atomic E-state index is 12.5. The second-order valence-electron chi connectivity index (χ2n) is 5.76. The molecule has 1 saturated heterocycles. The van der Waals surface area contributed by atoms with E-state index < -0.39 is 0 Å². The van der Waals surface area contributed by atoms with Gasteiger partial charge >= 0.3 is 0 Å². The zero-order valence-electron chi connectivity index (χ0n) is 12.9. The molecule has 1 N–H and O–H groups in total. The molecule has 1 aromatic rings. The molecule has 1 aliphatic heterocycles. The molecule has 0 saturated carbocycles. The fraction of sp³-hybridized carbons (Fsp3) is 0.588. The van der Waals surface area contributed by atoms with E-state index in [1.54, 1.807) is 0 Å². The number of amides is 1. The van der Waals surface area contributed by atoms with E-state index in [0.29, 0.717) is 12.5 Å². The average Bonchev–Trinajstić information content (AvgIpc) is 2.45. The van der Waals surface area contributed by atoms with Crippen molar-refractivity contribution >= 4 is 5.91 Å². The van der Waals surface area contributed by atoms with Gasteiger partial charge in [-0.1, -0.05) is 18.2 Å². The summed E-state index contributed by atoms with van der Waals surface area (Å²) in [5.41, 5.74) is 3.68. The molecule has 0 bridgehead atoms. The van der Waals surface area contributed by atoms with Crippen molar-refractivity contribution in [3.63, 3.8) is 0 Å². The summed E-state index contributed by atoms with van der Waals surface area (Å²) in [7, 11) is 0. The molecule has 3 nitrogen and oxygen atoms in total. The Labute approximate surface area is 122 Å². The predicted molar refractivity (Wildman–Crippen MR) is 82.9 cm³/mol. The number of piperidine rings is 1. The first-order chi connectivity index (χ1) is 9.61. The lowest BCUT2D eigenvalue weighted by atomic mass is 10.0. The predicted octanol–water partition coefficient (Wildman–Crippen LogP) is 2.45. The number of carbonyl (C=O) groups is 1. The maximum Gasteiger partial charge on any atom is 0.227 e. The Kier molecular flexibility index (Phi) is 5.18. The largest absolute Gasteiger partial charge is 0.340 e. The standard InChI is InChI=1S/C17H26N2O/c1-4-19(16-7-9-18-10-8-16)17(20)12-15-6-5-13(2)14(3)11-15/h5-6,11,16,18H,4,7-10,12H2,1-3H3. The quantitative estimate of drug-likeness (QED) is 0.914. The van der Waals surface area contributed by atoms with Crippen LogP contribution in [0.15, 0.2) is 18.2 Å². The van der Waals surface area contributed by atoms with Gasteiger partial charge in [0, 0.05) is 12.6 Å². The average molecular weight is 274 g/mol. The van der Waals surface area contributed by atoms with Crippen LogP contribution in [0, 0.1) is 13.8 Å². The van der Waals surface area contributed by atoms with Crippen molar-refractivity contribution in [3.8, 4) is 0 Å². The zero-order chi connectivity index (χ0) is 14.5. The van der Waals surface area contributed by atoms with Crippen LogP contribution in [0.5, 0.6) is 0 Å². The highest BCUT2D eigenvalue weighted by atomic mass is 16.2. The first-order valence-electron chi connectivity index (χ1n) is 7.68. The molecule has 0 unspecified atom stereocenters. The summed E-state index contributed by atoms with van der Waals surface area (Å²) in [5.74, 6) is 0.266. The minimum absolute atomic E-state index is 0.266. The zero-order valence-corrected chi connectivity index (χ0v) is 12.9. The molecular formula is C17H26N2O. The van der Waals surface area contributed by atoms with E-state index in [4.69, 9.17) is 0 Å². The van der Waals surface area contributed by atoms with Gasteiger partial charge in [-0.3, -0.25) is 4.79 Å². The Balaban J connectivity index is 2.02. The number of rotatable bonds is 4. The fourth-order valence-corrected chi connectivity index (χ4v) is 2.95. The Bertz CT molecular complexity index is 464. The maximum absolute atomic E-state index is 12.5.